The molecule has 0 atom stereocenters. The quantitative estimate of drug-likeness (QED) is 0.420. The van der Waals surface area contributed by atoms with Crippen LogP contribution in [0.3, 0.4) is 0 Å². The fourth-order valence-electron chi connectivity index (χ4n) is 5.55. The molecule has 7 nitrogen and oxygen atoms in total. The SMILES string of the molecule is Cc1nc2c(c(=O)n1C(c1ccccc1)c1ccccc1)CCN(c1nc(C3CCCC3)no1)C2. The van der Waals surface area contributed by atoms with Crippen molar-refractivity contribution in [3.05, 3.63) is 105 Å². The van der Waals surface area contributed by atoms with Gasteiger partial charge in [-0.3, -0.25) is 9.36 Å². The van der Waals surface area contributed by atoms with Crippen molar-refractivity contribution in [2.75, 3.05) is 11.4 Å². The Kier molecular flexibility index (Phi) is 5.68. The van der Waals surface area contributed by atoms with Crippen molar-refractivity contribution in [3.63, 3.8) is 0 Å². The minimum absolute atomic E-state index is 0.0297. The van der Waals surface area contributed by atoms with Crippen molar-refractivity contribution >= 4 is 6.01 Å². The number of fused-ring (bicyclic) bond motifs is 1. The highest BCUT2D eigenvalue weighted by Gasteiger charge is 2.30. The standard InChI is InChI=1S/C28H29N5O2/c1-19-29-24-18-32(28-30-26(31-35-28)22-14-8-9-15-22)17-16-23(24)27(34)33(19)25(20-10-4-2-5-11-20)21-12-6-3-7-13-21/h2-7,10-13,22,25H,8-9,14-18H2,1H3. The summed E-state index contributed by atoms with van der Waals surface area (Å²) < 4.78 is 7.47. The average molecular weight is 468 g/mol. The molecular weight excluding hydrogens is 438 g/mol. The highest BCUT2D eigenvalue weighted by atomic mass is 16.5. The summed E-state index contributed by atoms with van der Waals surface area (Å²) in [7, 11) is 0. The molecule has 3 heterocycles. The molecule has 0 radical (unpaired) electrons. The molecule has 0 saturated heterocycles. The van der Waals surface area contributed by atoms with E-state index in [1.807, 2.05) is 47.9 Å². The molecular formula is C28H29N5O2. The lowest BCUT2D eigenvalue weighted by Crippen LogP contribution is -2.40. The van der Waals surface area contributed by atoms with E-state index in [4.69, 9.17) is 14.5 Å². The fraction of sp³-hybridized carbons (Fsp3) is 0.357. The zero-order chi connectivity index (χ0) is 23.8. The number of anilines is 1. The summed E-state index contributed by atoms with van der Waals surface area (Å²) in [5.74, 6) is 1.92. The second-order valence-electron chi connectivity index (χ2n) is 9.57. The minimum atomic E-state index is -0.231. The fourth-order valence-corrected chi connectivity index (χ4v) is 5.55. The van der Waals surface area contributed by atoms with Gasteiger partial charge in [0.1, 0.15) is 5.82 Å². The first-order chi connectivity index (χ1) is 17.2. The largest absolute Gasteiger partial charge is 0.324 e. The van der Waals surface area contributed by atoms with E-state index in [-0.39, 0.29) is 11.6 Å². The number of aromatic nitrogens is 4. The molecule has 0 spiro atoms. The molecule has 2 aromatic heterocycles. The van der Waals surface area contributed by atoms with Gasteiger partial charge in [-0.05, 0) is 37.3 Å². The Bertz CT molecular complexity index is 1330. The third-order valence-electron chi connectivity index (χ3n) is 7.35. The molecule has 2 aromatic carbocycles. The summed E-state index contributed by atoms with van der Waals surface area (Å²) in [6.07, 6.45) is 5.32. The van der Waals surface area contributed by atoms with Crippen LogP contribution in [0.15, 0.2) is 70.0 Å². The number of benzene rings is 2. The highest BCUT2D eigenvalue weighted by Crippen LogP contribution is 2.34. The van der Waals surface area contributed by atoms with Gasteiger partial charge >= 0.3 is 6.01 Å². The third kappa shape index (κ3) is 4.05. The predicted octanol–water partition coefficient (Wildman–Crippen LogP) is 4.79. The lowest BCUT2D eigenvalue weighted by atomic mass is 9.97. The maximum atomic E-state index is 13.9. The lowest BCUT2D eigenvalue weighted by Gasteiger charge is -2.29. The van der Waals surface area contributed by atoms with Crippen LogP contribution in [0.4, 0.5) is 6.01 Å². The first-order valence-electron chi connectivity index (χ1n) is 12.5. The van der Waals surface area contributed by atoms with Gasteiger partial charge in [0, 0.05) is 18.0 Å². The van der Waals surface area contributed by atoms with E-state index in [0.29, 0.717) is 37.3 Å². The van der Waals surface area contributed by atoms with E-state index in [9.17, 15) is 4.79 Å². The molecule has 1 saturated carbocycles. The first-order valence-corrected chi connectivity index (χ1v) is 12.5. The van der Waals surface area contributed by atoms with Crippen molar-refractivity contribution in [1.29, 1.82) is 0 Å². The van der Waals surface area contributed by atoms with Crippen LogP contribution < -0.4 is 10.5 Å². The number of aryl methyl sites for hydroxylation is 1. The maximum Gasteiger partial charge on any atom is 0.324 e. The van der Waals surface area contributed by atoms with E-state index in [2.05, 4.69) is 34.3 Å². The summed E-state index contributed by atoms with van der Waals surface area (Å²) in [6.45, 7) is 3.07. The number of hydrogen-bond donors (Lipinski definition) is 0. The minimum Gasteiger partial charge on any atom is -0.318 e. The van der Waals surface area contributed by atoms with Crippen molar-refractivity contribution < 1.29 is 4.52 Å². The zero-order valence-electron chi connectivity index (χ0n) is 19.9. The van der Waals surface area contributed by atoms with E-state index >= 15 is 0 Å². The van der Waals surface area contributed by atoms with Crippen LogP contribution in [0.2, 0.25) is 0 Å². The highest BCUT2D eigenvalue weighted by molar-refractivity contribution is 5.38. The summed E-state index contributed by atoms with van der Waals surface area (Å²) >= 11 is 0. The molecule has 1 fully saturated rings. The predicted molar refractivity (Wildman–Crippen MR) is 134 cm³/mol. The van der Waals surface area contributed by atoms with Crippen molar-refractivity contribution in [2.45, 2.75) is 57.5 Å². The van der Waals surface area contributed by atoms with Crippen LogP contribution in [0.1, 0.15) is 71.7 Å². The van der Waals surface area contributed by atoms with Crippen LogP contribution in [-0.4, -0.2) is 26.2 Å². The van der Waals surface area contributed by atoms with Gasteiger partial charge in [-0.25, -0.2) is 4.98 Å². The van der Waals surface area contributed by atoms with Crippen LogP contribution in [0.5, 0.6) is 0 Å². The molecule has 0 amide bonds. The topological polar surface area (TPSA) is 77.1 Å². The Hall–Kier alpha value is -3.74. The van der Waals surface area contributed by atoms with Gasteiger partial charge in [0.25, 0.3) is 5.56 Å². The summed E-state index contributed by atoms with van der Waals surface area (Å²) in [4.78, 5) is 25.6. The maximum absolute atomic E-state index is 13.9. The molecule has 1 aliphatic heterocycles. The molecule has 35 heavy (non-hydrogen) atoms. The van der Waals surface area contributed by atoms with E-state index < -0.39 is 0 Å². The summed E-state index contributed by atoms with van der Waals surface area (Å²) in [5.41, 5.74) is 3.73. The van der Waals surface area contributed by atoms with E-state index in [1.54, 1.807) is 0 Å². The number of nitrogens with zero attached hydrogens (tertiary/aromatic N) is 5. The smallest absolute Gasteiger partial charge is 0.318 e. The van der Waals surface area contributed by atoms with Crippen LogP contribution >= 0.6 is 0 Å². The first kappa shape index (κ1) is 21.8. The Labute approximate surface area is 204 Å². The van der Waals surface area contributed by atoms with Gasteiger partial charge in [0.15, 0.2) is 5.82 Å². The lowest BCUT2D eigenvalue weighted by molar-refractivity contribution is 0.397. The summed E-state index contributed by atoms with van der Waals surface area (Å²) in [5, 5.41) is 4.25. The molecule has 0 bridgehead atoms. The Balaban J connectivity index is 1.36. The van der Waals surface area contributed by atoms with Crippen LogP contribution in [0, 0.1) is 6.92 Å². The van der Waals surface area contributed by atoms with Crippen LogP contribution in [0.25, 0.3) is 0 Å². The van der Waals surface area contributed by atoms with Gasteiger partial charge in [-0.2, -0.15) is 4.98 Å². The molecule has 0 N–H and O–H groups in total. The van der Waals surface area contributed by atoms with E-state index in [1.165, 1.54) is 12.8 Å². The van der Waals surface area contributed by atoms with Gasteiger partial charge in [0.2, 0.25) is 0 Å². The molecule has 7 heteroatoms. The van der Waals surface area contributed by atoms with Crippen molar-refractivity contribution in [2.24, 2.45) is 0 Å². The van der Waals surface area contributed by atoms with Crippen molar-refractivity contribution in [3.8, 4) is 0 Å². The van der Waals surface area contributed by atoms with Gasteiger partial charge in [0.05, 0.1) is 18.3 Å². The van der Waals surface area contributed by atoms with Crippen LogP contribution in [-0.2, 0) is 13.0 Å². The normalized spacial score (nSPS) is 16.1. The summed E-state index contributed by atoms with van der Waals surface area (Å²) in [6, 6.07) is 20.6. The van der Waals surface area contributed by atoms with Gasteiger partial charge in [-0.15, -0.1) is 0 Å². The third-order valence-corrected chi connectivity index (χ3v) is 7.35. The molecule has 6 rings (SSSR count). The average Bonchev–Trinajstić information content (AvgIpc) is 3.60. The molecule has 2 aliphatic rings. The second-order valence-corrected chi connectivity index (χ2v) is 9.57. The Morgan fingerprint density at radius 3 is 2.26 bits per heavy atom. The molecule has 1 aliphatic carbocycles. The molecule has 178 valence electrons. The Morgan fingerprint density at radius 2 is 1.60 bits per heavy atom. The Morgan fingerprint density at radius 1 is 0.943 bits per heavy atom. The number of hydrogen-bond acceptors (Lipinski definition) is 6. The van der Waals surface area contributed by atoms with Gasteiger partial charge < -0.3 is 9.42 Å². The van der Waals surface area contributed by atoms with Crippen molar-refractivity contribution in [1.82, 2.24) is 19.7 Å². The molecule has 0 unspecified atom stereocenters. The van der Waals surface area contributed by atoms with Gasteiger partial charge in [-0.1, -0.05) is 78.7 Å². The monoisotopic (exact) mass is 467 g/mol. The zero-order valence-corrected chi connectivity index (χ0v) is 19.9. The second kappa shape index (κ2) is 9.13. The number of rotatable bonds is 5. The molecule has 4 aromatic rings. The van der Waals surface area contributed by atoms with E-state index in [0.717, 1.165) is 41.1 Å².